The van der Waals surface area contributed by atoms with Gasteiger partial charge < -0.3 is 5.32 Å². The van der Waals surface area contributed by atoms with Gasteiger partial charge in [-0.2, -0.15) is 5.26 Å². The minimum Gasteiger partial charge on any atom is -0.353 e. The molecule has 144 valence electrons. The molecule has 1 aromatic carbocycles. The zero-order valence-electron chi connectivity index (χ0n) is 15.4. The standard InChI is InChI=1S/C20H21N5O2S/c21-10-11-28-20-24-15-9-5-4-8-14(15)18-23-16(19(27)25(18)20)12-17(26)22-13-6-2-1-3-7-13/h4-5,8-9,13,16H,1-3,6-7,11-12H2,(H,22,26)/t16-/m1/s1. The summed E-state index contributed by atoms with van der Waals surface area (Å²) in [6.45, 7) is 0. The van der Waals surface area contributed by atoms with Gasteiger partial charge in [0.1, 0.15) is 11.9 Å². The Balaban J connectivity index is 1.54. The number of fused-ring (bicyclic) bond motifs is 3. The number of carbonyl (C=O) groups excluding carboxylic acids is 2. The third-order valence-electron chi connectivity index (χ3n) is 5.16. The van der Waals surface area contributed by atoms with E-state index in [-0.39, 0.29) is 30.0 Å². The van der Waals surface area contributed by atoms with Crippen LogP contribution in [0.1, 0.15) is 44.1 Å². The van der Waals surface area contributed by atoms with Crippen molar-refractivity contribution in [1.82, 2.24) is 10.2 Å². The lowest BCUT2D eigenvalue weighted by atomic mass is 9.95. The minimum absolute atomic E-state index is 0.0354. The molecule has 1 saturated carbocycles. The molecular weight excluding hydrogens is 374 g/mol. The first-order chi connectivity index (χ1) is 13.7. The first kappa shape index (κ1) is 18.7. The van der Waals surface area contributed by atoms with Gasteiger partial charge in [0.25, 0.3) is 5.91 Å². The predicted octanol–water partition coefficient (Wildman–Crippen LogP) is 2.74. The van der Waals surface area contributed by atoms with Crippen LogP contribution >= 0.6 is 11.8 Å². The zero-order chi connectivity index (χ0) is 19.5. The Morgan fingerprint density at radius 3 is 2.86 bits per heavy atom. The van der Waals surface area contributed by atoms with Crippen LogP contribution in [0.4, 0.5) is 5.69 Å². The maximum absolute atomic E-state index is 13.0. The van der Waals surface area contributed by atoms with Crippen LogP contribution in [0.25, 0.3) is 0 Å². The van der Waals surface area contributed by atoms with Crippen LogP contribution in [0.2, 0.25) is 0 Å². The average molecular weight is 395 g/mol. The van der Waals surface area contributed by atoms with Gasteiger partial charge >= 0.3 is 0 Å². The van der Waals surface area contributed by atoms with Gasteiger partial charge in [-0.1, -0.05) is 43.2 Å². The number of hydrogen-bond acceptors (Lipinski definition) is 6. The number of benzene rings is 1. The molecule has 8 heteroatoms. The second-order valence-corrected chi connectivity index (χ2v) is 8.05. The molecule has 1 N–H and O–H groups in total. The van der Waals surface area contributed by atoms with E-state index >= 15 is 0 Å². The Bertz CT molecular complexity index is 898. The Morgan fingerprint density at radius 1 is 1.29 bits per heavy atom. The summed E-state index contributed by atoms with van der Waals surface area (Å²) in [5, 5.41) is 12.4. The van der Waals surface area contributed by atoms with E-state index in [0.717, 1.165) is 36.9 Å². The number of amides is 2. The van der Waals surface area contributed by atoms with Gasteiger partial charge in [0.05, 0.1) is 23.9 Å². The van der Waals surface area contributed by atoms with Crippen molar-refractivity contribution in [3.8, 4) is 6.07 Å². The van der Waals surface area contributed by atoms with Gasteiger partial charge in [-0.25, -0.2) is 9.89 Å². The van der Waals surface area contributed by atoms with E-state index in [1.807, 2.05) is 24.3 Å². The fourth-order valence-electron chi connectivity index (χ4n) is 3.84. The van der Waals surface area contributed by atoms with Crippen LogP contribution in [0.3, 0.4) is 0 Å². The van der Waals surface area contributed by atoms with Gasteiger partial charge in [-0.05, 0) is 25.0 Å². The highest BCUT2D eigenvalue weighted by molar-refractivity contribution is 8.14. The first-order valence-electron chi connectivity index (χ1n) is 9.56. The van der Waals surface area contributed by atoms with Crippen LogP contribution < -0.4 is 5.32 Å². The molecule has 0 radical (unpaired) electrons. The molecule has 0 unspecified atom stereocenters. The summed E-state index contributed by atoms with van der Waals surface area (Å²) in [5.41, 5.74) is 1.49. The summed E-state index contributed by atoms with van der Waals surface area (Å²) in [4.78, 5) is 36.1. The third-order valence-corrected chi connectivity index (χ3v) is 5.97. The van der Waals surface area contributed by atoms with Crippen molar-refractivity contribution in [3.05, 3.63) is 29.8 Å². The third kappa shape index (κ3) is 3.67. The molecule has 4 rings (SSSR count). The van der Waals surface area contributed by atoms with Gasteiger partial charge in [0.2, 0.25) is 5.91 Å². The van der Waals surface area contributed by atoms with Crippen LogP contribution in [0.15, 0.2) is 34.3 Å². The highest BCUT2D eigenvalue weighted by Gasteiger charge is 2.42. The zero-order valence-corrected chi connectivity index (χ0v) is 16.2. The van der Waals surface area contributed by atoms with Crippen LogP contribution in [-0.2, 0) is 9.59 Å². The molecular formula is C20H21N5O2S. The highest BCUT2D eigenvalue weighted by Crippen LogP contribution is 2.34. The Kier molecular flexibility index (Phi) is 5.44. The molecule has 1 aromatic rings. The maximum atomic E-state index is 13.0. The number of para-hydroxylation sites is 1. The molecule has 28 heavy (non-hydrogen) atoms. The Morgan fingerprint density at radius 2 is 2.07 bits per heavy atom. The average Bonchev–Trinajstić information content (AvgIpc) is 3.03. The summed E-state index contributed by atoms with van der Waals surface area (Å²) >= 11 is 1.20. The molecule has 0 saturated heterocycles. The van der Waals surface area contributed by atoms with Crippen molar-refractivity contribution in [2.24, 2.45) is 9.98 Å². The molecule has 0 bridgehead atoms. The SMILES string of the molecule is N#CCSC1=Nc2ccccc2C2=N[C@H](CC(=O)NC3CCCCC3)C(=O)N12. The minimum atomic E-state index is -0.752. The molecule has 0 aromatic heterocycles. The number of rotatable bonds is 4. The van der Waals surface area contributed by atoms with Gasteiger partial charge in [-0.15, -0.1) is 0 Å². The van der Waals surface area contributed by atoms with Crippen molar-refractivity contribution in [1.29, 1.82) is 5.26 Å². The summed E-state index contributed by atoms with van der Waals surface area (Å²) in [6, 6.07) is 8.99. The normalized spacial score (nSPS) is 21.3. The van der Waals surface area contributed by atoms with Crippen LogP contribution in [-0.4, -0.2) is 45.6 Å². The van der Waals surface area contributed by atoms with Crippen molar-refractivity contribution >= 4 is 40.3 Å². The number of nitriles is 1. The topological polar surface area (TPSA) is 97.9 Å². The first-order valence-corrected chi connectivity index (χ1v) is 10.5. The summed E-state index contributed by atoms with van der Waals surface area (Å²) < 4.78 is 0. The Hall–Kier alpha value is -2.66. The fraction of sp³-hybridized carbons (Fsp3) is 0.450. The van der Waals surface area contributed by atoms with Gasteiger partial charge in [0.15, 0.2) is 5.17 Å². The van der Waals surface area contributed by atoms with E-state index in [1.54, 1.807) is 0 Å². The molecule has 1 fully saturated rings. The monoisotopic (exact) mass is 395 g/mol. The molecule has 1 aliphatic carbocycles. The highest BCUT2D eigenvalue weighted by atomic mass is 32.2. The molecule has 3 aliphatic rings. The lowest BCUT2D eigenvalue weighted by molar-refractivity contribution is -0.129. The van der Waals surface area contributed by atoms with E-state index in [9.17, 15) is 9.59 Å². The van der Waals surface area contributed by atoms with E-state index in [0.29, 0.717) is 11.0 Å². The summed E-state index contributed by atoms with van der Waals surface area (Å²) in [7, 11) is 0. The lowest BCUT2D eigenvalue weighted by Crippen LogP contribution is -2.43. The molecule has 0 spiro atoms. The van der Waals surface area contributed by atoms with Crippen molar-refractivity contribution in [2.75, 3.05) is 5.75 Å². The van der Waals surface area contributed by atoms with Gasteiger partial charge in [0, 0.05) is 11.6 Å². The molecule has 2 aliphatic heterocycles. The number of amidine groups is 2. The Labute approximate surface area is 167 Å². The number of hydrogen-bond donors (Lipinski definition) is 1. The van der Waals surface area contributed by atoms with E-state index in [4.69, 9.17) is 5.26 Å². The van der Waals surface area contributed by atoms with E-state index in [1.165, 1.54) is 23.1 Å². The summed E-state index contributed by atoms with van der Waals surface area (Å²) in [5.74, 6) is 0.315. The van der Waals surface area contributed by atoms with Gasteiger partial charge in [-0.3, -0.25) is 14.6 Å². The van der Waals surface area contributed by atoms with Crippen molar-refractivity contribution < 1.29 is 9.59 Å². The lowest BCUT2D eigenvalue weighted by Gasteiger charge is -2.25. The van der Waals surface area contributed by atoms with Crippen molar-refractivity contribution in [3.63, 3.8) is 0 Å². The second kappa shape index (κ2) is 8.15. The molecule has 2 heterocycles. The molecule has 7 nitrogen and oxygen atoms in total. The van der Waals surface area contributed by atoms with E-state index in [2.05, 4.69) is 21.4 Å². The largest absolute Gasteiger partial charge is 0.353 e. The molecule has 1 atom stereocenters. The molecule has 2 amide bonds. The quantitative estimate of drug-likeness (QED) is 0.847. The number of nitrogens with zero attached hydrogens (tertiary/aromatic N) is 4. The number of thioether (sulfide) groups is 1. The van der Waals surface area contributed by atoms with E-state index < -0.39 is 6.04 Å². The fourth-order valence-corrected chi connectivity index (χ4v) is 4.50. The number of aliphatic imine (C=N–C) groups is 2. The smallest absolute Gasteiger partial charge is 0.259 e. The number of nitrogens with one attached hydrogen (secondary N) is 1. The summed E-state index contributed by atoms with van der Waals surface area (Å²) in [6.07, 6.45) is 5.53. The second-order valence-electron chi connectivity index (χ2n) is 7.11. The number of carbonyl (C=O) groups is 2. The van der Waals surface area contributed by atoms with Crippen molar-refractivity contribution in [2.45, 2.75) is 50.6 Å². The van der Waals surface area contributed by atoms with Crippen LogP contribution in [0.5, 0.6) is 0 Å². The maximum Gasteiger partial charge on any atom is 0.259 e. The predicted molar refractivity (Wildman–Crippen MR) is 108 cm³/mol. The van der Waals surface area contributed by atoms with Crippen LogP contribution in [0, 0.1) is 11.3 Å².